The van der Waals surface area contributed by atoms with E-state index in [2.05, 4.69) is 15.1 Å². The Labute approximate surface area is 102 Å². The summed E-state index contributed by atoms with van der Waals surface area (Å²) in [5, 5.41) is 5.77. The van der Waals surface area contributed by atoms with Crippen molar-refractivity contribution in [3.8, 4) is 11.4 Å². The van der Waals surface area contributed by atoms with Crippen LogP contribution in [-0.2, 0) is 0 Å². The minimum atomic E-state index is 0.731. The van der Waals surface area contributed by atoms with E-state index >= 15 is 0 Å². The van der Waals surface area contributed by atoms with Gasteiger partial charge in [0.05, 0.1) is 11.1 Å². The van der Waals surface area contributed by atoms with Gasteiger partial charge in [-0.3, -0.25) is 0 Å². The molecule has 1 aromatic carbocycles. The van der Waals surface area contributed by atoms with Gasteiger partial charge in [0, 0.05) is 6.20 Å². The van der Waals surface area contributed by atoms with E-state index in [4.69, 9.17) is 4.52 Å². The van der Waals surface area contributed by atoms with Crippen LogP contribution in [0.3, 0.4) is 0 Å². The van der Waals surface area contributed by atoms with Crippen molar-refractivity contribution in [2.45, 2.75) is 5.16 Å². The van der Waals surface area contributed by atoms with Crippen LogP contribution in [0.2, 0.25) is 0 Å². The Balaban J connectivity index is 2.20. The third-order valence-electron chi connectivity index (χ3n) is 2.44. The average Bonchev–Trinajstić information content (AvgIpc) is 2.82. The maximum atomic E-state index is 5.26. The molecule has 0 aliphatic heterocycles. The van der Waals surface area contributed by atoms with Gasteiger partial charge in [-0.05, 0) is 24.5 Å². The molecular formula is C12H9N3OS. The molecule has 17 heavy (non-hydrogen) atoms. The van der Waals surface area contributed by atoms with Gasteiger partial charge in [-0.25, -0.2) is 9.97 Å². The predicted octanol–water partition coefficient (Wildman–Crippen LogP) is 3.01. The summed E-state index contributed by atoms with van der Waals surface area (Å²) in [6.45, 7) is 0. The molecule has 4 nitrogen and oxygen atoms in total. The highest BCUT2D eigenvalue weighted by Gasteiger charge is 2.11. The van der Waals surface area contributed by atoms with E-state index in [-0.39, 0.29) is 0 Å². The first kappa shape index (κ1) is 10.3. The van der Waals surface area contributed by atoms with E-state index in [0.717, 1.165) is 27.5 Å². The van der Waals surface area contributed by atoms with Gasteiger partial charge in [0.2, 0.25) is 0 Å². The van der Waals surface area contributed by atoms with E-state index in [1.807, 2.05) is 36.6 Å². The molecule has 0 N–H and O–H groups in total. The molecule has 0 fully saturated rings. The van der Waals surface area contributed by atoms with Crippen LogP contribution in [0.4, 0.5) is 0 Å². The molecule has 84 valence electrons. The van der Waals surface area contributed by atoms with Crippen molar-refractivity contribution >= 4 is 22.7 Å². The second-order valence-corrected chi connectivity index (χ2v) is 4.23. The summed E-state index contributed by atoms with van der Waals surface area (Å²) < 4.78 is 5.26. The fraction of sp³-hybridized carbons (Fsp3) is 0.0833. The summed E-state index contributed by atoms with van der Waals surface area (Å²) in [4.78, 5) is 8.55. The largest absolute Gasteiger partial charge is 0.356 e. The number of aromatic nitrogens is 3. The second-order valence-electron chi connectivity index (χ2n) is 3.46. The molecule has 3 rings (SSSR count). The molecule has 0 bridgehead atoms. The van der Waals surface area contributed by atoms with Crippen LogP contribution in [0, 0.1) is 0 Å². The minimum absolute atomic E-state index is 0.731. The molecule has 3 aromatic rings. The van der Waals surface area contributed by atoms with E-state index in [1.165, 1.54) is 11.8 Å². The first-order valence-electron chi connectivity index (χ1n) is 5.10. The third kappa shape index (κ3) is 1.78. The number of nitrogens with zero attached hydrogens (tertiary/aromatic N) is 3. The highest BCUT2D eigenvalue weighted by molar-refractivity contribution is 7.98. The lowest BCUT2D eigenvalue weighted by molar-refractivity contribution is 0.459. The molecule has 0 saturated carbocycles. The lowest BCUT2D eigenvalue weighted by Gasteiger charge is -1.97. The maximum absolute atomic E-state index is 5.26. The van der Waals surface area contributed by atoms with Gasteiger partial charge in [0.1, 0.15) is 5.69 Å². The molecular weight excluding hydrogens is 234 g/mol. The molecule has 2 aromatic heterocycles. The Morgan fingerprint density at radius 2 is 2.06 bits per heavy atom. The lowest BCUT2D eigenvalue weighted by atomic mass is 10.2. The van der Waals surface area contributed by atoms with Gasteiger partial charge in [-0.2, -0.15) is 0 Å². The third-order valence-corrected chi connectivity index (χ3v) is 3.00. The normalized spacial score (nSPS) is 10.9. The molecule has 0 aliphatic rings. The summed E-state index contributed by atoms with van der Waals surface area (Å²) in [5.41, 5.74) is 2.32. The molecule has 0 aliphatic carbocycles. The fourth-order valence-electron chi connectivity index (χ4n) is 1.64. The Kier molecular flexibility index (Phi) is 2.53. The number of para-hydroxylation sites is 1. The molecule has 0 radical (unpaired) electrons. The van der Waals surface area contributed by atoms with Gasteiger partial charge < -0.3 is 4.52 Å². The molecule has 0 unspecified atom stereocenters. The number of hydrogen-bond acceptors (Lipinski definition) is 5. The van der Waals surface area contributed by atoms with E-state index < -0.39 is 0 Å². The van der Waals surface area contributed by atoms with Crippen molar-refractivity contribution in [3.05, 3.63) is 36.5 Å². The number of benzene rings is 1. The van der Waals surface area contributed by atoms with Crippen molar-refractivity contribution in [2.75, 3.05) is 6.26 Å². The smallest absolute Gasteiger partial charge is 0.187 e. The average molecular weight is 243 g/mol. The Hall–Kier alpha value is -1.88. The van der Waals surface area contributed by atoms with Crippen LogP contribution in [0.5, 0.6) is 0 Å². The number of thioether (sulfide) groups is 1. The van der Waals surface area contributed by atoms with Crippen molar-refractivity contribution in [1.29, 1.82) is 0 Å². The fourth-order valence-corrected chi connectivity index (χ4v) is 2.00. The van der Waals surface area contributed by atoms with E-state index in [1.54, 1.807) is 6.20 Å². The maximum Gasteiger partial charge on any atom is 0.187 e. The number of fused-ring (bicyclic) bond motifs is 1. The zero-order chi connectivity index (χ0) is 11.7. The van der Waals surface area contributed by atoms with Gasteiger partial charge in [0.15, 0.2) is 10.7 Å². The van der Waals surface area contributed by atoms with Crippen molar-refractivity contribution in [2.24, 2.45) is 0 Å². The monoisotopic (exact) mass is 243 g/mol. The van der Waals surface area contributed by atoms with Gasteiger partial charge >= 0.3 is 0 Å². The minimum Gasteiger partial charge on any atom is -0.356 e. The van der Waals surface area contributed by atoms with Gasteiger partial charge in [-0.15, -0.1) is 0 Å². The quantitative estimate of drug-likeness (QED) is 0.511. The second kappa shape index (κ2) is 4.18. The summed E-state index contributed by atoms with van der Waals surface area (Å²) in [6.07, 6.45) is 3.68. The van der Waals surface area contributed by atoms with Gasteiger partial charge in [-0.1, -0.05) is 29.1 Å². The SMILES string of the molecule is CSc1nccc(-c2noc3ccccc23)n1. The lowest BCUT2D eigenvalue weighted by Crippen LogP contribution is -1.89. The first-order valence-corrected chi connectivity index (χ1v) is 6.33. The Morgan fingerprint density at radius 3 is 2.94 bits per heavy atom. The zero-order valence-electron chi connectivity index (χ0n) is 9.12. The topological polar surface area (TPSA) is 51.8 Å². The van der Waals surface area contributed by atoms with E-state index in [9.17, 15) is 0 Å². The highest BCUT2D eigenvalue weighted by Crippen LogP contribution is 2.26. The highest BCUT2D eigenvalue weighted by atomic mass is 32.2. The zero-order valence-corrected chi connectivity index (χ0v) is 9.94. The summed E-state index contributed by atoms with van der Waals surface area (Å²) in [5.74, 6) is 0. The molecule has 2 heterocycles. The van der Waals surface area contributed by atoms with E-state index in [0.29, 0.717) is 0 Å². The molecule has 0 spiro atoms. The van der Waals surface area contributed by atoms with Crippen LogP contribution >= 0.6 is 11.8 Å². The Bertz CT molecular complexity index is 665. The predicted molar refractivity (Wildman–Crippen MR) is 66.8 cm³/mol. The summed E-state index contributed by atoms with van der Waals surface area (Å²) >= 11 is 1.51. The number of hydrogen-bond donors (Lipinski definition) is 0. The van der Waals surface area contributed by atoms with Crippen molar-refractivity contribution in [3.63, 3.8) is 0 Å². The molecule has 5 heteroatoms. The number of rotatable bonds is 2. The summed E-state index contributed by atoms with van der Waals surface area (Å²) in [7, 11) is 0. The van der Waals surface area contributed by atoms with Crippen molar-refractivity contribution < 1.29 is 4.52 Å². The molecule has 0 atom stereocenters. The first-order chi connectivity index (χ1) is 8.38. The van der Waals surface area contributed by atoms with Gasteiger partial charge in [0.25, 0.3) is 0 Å². The van der Waals surface area contributed by atoms with Crippen molar-refractivity contribution in [1.82, 2.24) is 15.1 Å². The molecule has 0 amide bonds. The van der Waals surface area contributed by atoms with Crippen LogP contribution in [-0.4, -0.2) is 21.4 Å². The van der Waals surface area contributed by atoms with Crippen LogP contribution in [0.1, 0.15) is 0 Å². The summed E-state index contributed by atoms with van der Waals surface area (Å²) in [6, 6.07) is 9.58. The standard InChI is InChI=1S/C12H9N3OS/c1-17-12-13-7-6-9(14-12)11-8-4-2-3-5-10(8)16-15-11/h2-7H,1H3. The Morgan fingerprint density at radius 1 is 1.18 bits per heavy atom. The van der Waals surface area contributed by atoms with Crippen LogP contribution in [0.15, 0.2) is 46.2 Å². The molecule has 0 saturated heterocycles. The van der Waals surface area contributed by atoms with Crippen LogP contribution in [0.25, 0.3) is 22.4 Å². The van der Waals surface area contributed by atoms with Crippen LogP contribution < -0.4 is 0 Å².